The summed E-state index contributed by atoms with van der Waals surface area (Å²) in [6.45, 7) is 0. The summed E-state index contributed by atoms with van der Waals surface area (Å²) < 4.78 is 39.9. The molecule has 4 rings (SSSR count). The molecule has 4 aromatic rings. The molecule has 1 unspecified atom stereocenters. The lowest BCUT2D eigenvalue weighted by Gasteiger charge is -2.18. The Morgan fingerprint density at radius 1 is 0.962 bits per heavy atom. The second kappa shape index (κ2) is 6.41. The van der Waals surface area contributed by atoms with E-state index in [1.54, 1.807) is 17.4 Å². The lowest BCUT2D eigenvalue weighted by Crippen LogP contribution is -2.16. The Morgan fingerprint density at radius 3 is 2.46 bits per heavy atom. The molecule has 1 N–H and O–H groups in total. The van der Waals surface area contributed by atoms with Crippen LogP contribution in [0.3, 0.4) is 0 Å². The van der Waals surface area contributed by atoms with Crippen molar-refractivity contribution in [3.05, 3.63) is 76.2 Å². The normalized spacial score (nSPS) is 13.0. The largest absolute Gasteiger partial charge is 0.453 e. The molecule has 3 heterocycles. The molecule has 0 aliphatic rings. The van der Waals surface area contributed by atoms with Gasteiger partial charge in [0.1, 0.15) is 5.82 Å². The second-order valence-corrected chi connectivity index (χ2v) is 6.49. The number of hydrogen-bond donors (Lipinski definition) is 1. The van der Waals surface area contributed by atoms with E-state index in [0.717, 1.165) is 10.4 Å². The Hall–Kier alpha value is -2.94. The molecule has 9 heteroatoms. The van der Waals surface area contributed by atoms with Crippen molar-refractivity contribution in [1.29, 1.82) is 0 Å². The van der Waals surface area contributed by atoms with Crippen LogP contribution in [0.1, 0.15) is 22.3 Å². The fraction of sp³-hybridized carbons (Fsp3) is 0.118. The summed E-state index contributed by atoms with van der Waals surface area (Å²) in [6.07, 6.45) is -4.63. The lowest BCUT2D eigenvalue weighted by molar-refractivity contribution is -0.146. The first-order chi connectivity index (χ1) is 12.5. The van der Waals surface area contributed by atoms with Gasteiger partial charge in [0, 0.05) is 4.88 Å². The first kappa shape index (κ1) is 16.5. The van der Waals surface area contributed by atoms with Crippen LogP contribution in [0.15, 0.2) is 60.0 Å². The molecular formula is C17H12F3N5S. The van der Waals surface area contributed by atoms with Crippen molar-refractivity contribution >= 4 is 22.8 Å². The smallest absolute Gasteiger partial charge is 0.357 e. The molecule has 0 saturated carbocycles. The van der Waals surface area contributed by atoms with E-state index in [-0.39, 0.29) is 11.7 Å². The van der Waals surface area contributed by atoms with Crippen LogP contribution in [0.5, 0.6) is 0 Å². The van der Waals surface area contributed by atoms with Crippen LogP contribution in [0, 0.1) is 0 Å². The van der Waals surface area contributed by atoms with E-state index in [2.05, 4.69) is 20.6 Å². The van der Waals surface area contributed by atoms with Crippen LogP contribution in [0.25, 0.3) is 5.65 Å². The van der Waals surface area contributed by atoms with Gasteiger partial charge in [-0.15, -0.1) is 26.6 Å². The van der Waals surface area contributed by atoms with Gasteiger partial charge in [-0.1, -0.05) is 36.4 Å². The van der Waals surface area contributed by atoms with E-state index < -0.39 is 12.0 Å². The third kappa shape index (κ3) is 3.13. The lowest BCUT2D eigenvalue weighted by atomic mass is 10.1. The van der Waals surface area contributed by atoms with Crippen molar-refractivity contribution in [3.8, 4) is 0 Å². The molecule has 0 radical (unpaired) electrons. The molecule has 5 nitrogen and oxygen atoms in total. The van der Waals surface area contributed by atoms with Crippen LogP contribution < -0.4 is 5.32 Å². The van der Waals surface area contributed by atoms with Gasteiger partial charge in [-0.25, -0.2) is 0 Å². The third-order valence-corrected chi connectivity index (χ3v) is 4.71. The van der Waals surface area contributed by atoms with Gasteiger partial charge in [0.25, 0.3) is 5.82 Å². The Labute approximate surface area is 150 Å². The Balaban J connectivity index is 1.74. The molecule has 132 valence electrons. The van der Waals surface area contributed by atoms with Crippen LogP contribution >= 0.6 is 11.3 Å². The summed E-state index contributed by atoms with van der Waals surface area (Å²) in [7, 11) is 0. The molecule has 0 saturated heterocycles. The summed E-state index contributed by atoms with van der Waals surface area (Å²) in [5.41, 5.74) is 1.02. The Kier molecular flexibility index (Phi) is 4.08. The van der Waals surface area contributed by atoms with Gasteiger partial charge < -0.3 is 5.32 Å². The second-order valence-electron chi connectivity index (χ2n) is 5.51. The number of aromatic nitrogens is 4. The van der Waals surface area contributed by atoms with Gasteiger partial charge in [0.2, 0.25) is 0 Å². The van der Waals surface area contributed by atoms with Crippen LogP contribution in [0.4, 0.5) is 19.0 Å². The van der Waals surface area contributed by atoms with Crippen molar-refractivity contribution in [3.63, 3.8) is 0 Å². The van der Waals surface area contributed by atoms with Gasteiger partial charge in [-0.05, 0) is 29.1 Å². The molecule has 0 amide bonds. The average Bonchev–Trinajstić information content (AvgIpc) is 3.29. The Morgan fingerprint density at radius 2 is 1.77 bits per heavy atom. The minimum Gasteiger partial charge on any atom is -0.357 e. The standard InChI is InChI=1S/C17H12F3N5S/c18-17(19,20)16-23-22-14-9-8-13(24-25(14)16)21-15(12-7-4-10-26-12)11-5-2-1-3-6-11/h1-10,15H,(H,21,24). The molecule has 0 aliphatic carbocycles. The zero-order chi connectivity index (χ0) is 18.1. The number of hydrogen-bond acceptors (Lipinski definition) is 5. The van der Waals surface area contributed by atoms with Gasteiger partial charge in [-0.3, -0.25) is 0 Å². The molecule has 0 fully saturated rings. The molecule has 3 aromatic heterocycles. The van der Waals surface area contributed by atoms with Gasteiger partial charge in [-0.2, -0.15) is 17.7 Å². The summed E-state index contributed by atoms with van der Waals surface area (Å²) in [4.78, 5) is 1.03. The van der Waals surface area contributed by atoms with E-state index in [4.69, 9.17) is 0 Å². The minimum absolute atomic E-state index is 0.0373. The number of rotatable bonds is 4. The van der Waals surface area contributed by atoms with E-state index >= 15 is 0 Å². The van der Waals surface area contributed by atoms with Crippen molar-refractivity contribution in [2.75, 3.05) is 5.32 Å². The number of nitrogens with zero attached hydrogens (tertiary/aromatic N) is 4. The predicted molar refractivity (Wildman–Crippen MR) is 92.0 cm³/mol. The first-order valence-electron chi connectivity index (χ1n) is 7.67. The molecule has 26 heavy (non-hydrogen) atoms. The zero-order valence-corrected chi connectivity index (χ0v) is 14.0. The third-order valence-electron chi connectivity index (χ3n) is 3.77. The van der Waals surface area contributed by atoms with Crippen molar-refractivity contribution < 1.29 is 13.2 Å². The maximum atomic E-state index is 13.1. The number of anilines is 1. The fourth-order valence-electron chi connectivity index (χ4n) is 2.61. The van der Waals surface area contributed by atoms with E-state index in [0.29, 0.717) is 10.3 Å². The molecular weight excluding hydrogens is 363 g/mol. The number of thiophene rings is 1. The zero-order valence-electron chi connectivity index (χ0n) is 13.2. The number of benzene rings is 1. The quantitative estimate of drug-likeness (QED) is 0.574. The molecule has 0 bridgehead atoms. The number of alkyl halides is 3. The van der Waals surface area contributed by atoms with Crippen LogP contribution in [-0.2, 0) is 6.18 Å². The topological polar surface area (TPSA) is 55.1 Å². The highest BCUT2D eigenvalue weighted by Crippen LogP contribution is 2.30. The number of halogens is 3. The minimum atomic E-state index is -4.63. The van der Waals surface area contributed by atoms with Crippen LogP contribution in [0.2, 0.25) is 0 Å². The highest BCUT2D eigenvalue weighted by atomic mass is 32.1. The average molecular weight is 375 g/mol. The van der Waals surface area contributed by atoms with Gasteiger partial charge in [0.15, 0.2) is 5.65 Å². The van der Waals surface area contributed by atoms with Crippen LogP contribution in [-0.4, -0.2) is 19.8 Å². The number of fused-ring (bicyclic) bond motifs is 1. The van der Waals surface area contributed by atoms with Crippen molar-refractivity contribution in [2.45, 2.75) is 12.2 Å². The summed E-state index contributed by atoms with van der Waals surface area (Å²) in [6, 6.07) is 16.3. The SMILES string of the molecule is FC(F)(F)c1nnc2ccc(NC(c3ccccc3)c3cccs3)nn12. The summed E-state index contributed by atoms with van der Waals surface area (Å²) in [5, 5.41) is 15.9. The predicted octanol–water partition coefficient (Wildman–Crippen LogP) is 4.41. The van der Waals surface area contributed by atoms with E-state index in [1.807, 2.05) is 47.8 Å². The van der Waals surface area contributed by atoms with Gasteiger partial charge in [0.05, 0.1) is 6.04 Å². The maximum Gasteiger partial charge on any atom is 0.453 e. The summed E-state index contributed by atoms with van der Waals surface area (Å²) in [5.74, 6) is -0.853. The highest BCUT2D eigenvalue weighted by Gasteiger charge is 2.37. The van der Waals surface area contributed by atoms with Crippen molar-refractivity contribution in [1.82, 2.24) is 19.8 Å². The number of nitrogens with one attached hydrogen (secondary N) is 1. The van der Waals surface area contributed by atoms with E-state index in [9.17, 15) is 13.2 Å². The van der Waals surface area contributed by atoms with Crippen molar-refractivity contribution in [2.24, 2.45) is 0 Å². The first-order valence-corrected chi connectivity index (χ1v) is 8.55. The maximum absolute atomic E-state index is 13.1. The molecule has 0 spiro atoms. The summed E-state index contributed by atoms with van der Waals surface area (Å²) >= 11 is 1.56. The van der Waals surface area contributed by atoms with Gasteiger partial charge >= 0.3 is 6.18 Å². The Bertz CT molecular complexity index is 1010. The monoisotopic (exact) mass is 375 g/mol. The highest BCUT2D eigenvalue weighted by molar-refractivity contribution is 7.10. The molecule has 1 atom stereocenters. The molecule has 0 aliphatic heterocycles. The van der Waals surface area contributed by atoms with E-state index in [1.165, 1.54) is 6.07 Å². The fourth-order valence-corrected chi connectivity index (χ4v) is 3.41. The molecule has 1 aromatic carbocycles.